The summed E-state index contributed by atoms with van der Waals surface area (Å²) in [4.78, 5) is 17.7. The zero-order valence-corrected chi connectivity index (χ0v) is 19.6. The van der Waals surface area contributed by atoms with Crippen molar-refractivity contribution in [2.24, 2.45) is 5.92 Å². The van der Waals surface area contributed by atoms with E-state index < -0.39 is 0 Å². The molecule has 1 aromatic rings. The van der Waals surface area contributed by atoms with Crippen LogP contribution < -0.4 is 10.6 Å². The summed E-state index contributed by atoms with van der Waals surface area (Å²) in [6.07, 6.45) is 7.63. The molecule has 0 unspecified atom stereocenters. The average molecular weight is 445 g/mol. The Morgan fingerprint density at radius 1 is 1.09 bits per heavy atom. The first kappa shape index (κ1) is 23.5. The van der Waals surface area contributed by atoms with E-state index in [-0.39, 0.29) is 6.03 Å². The van der Waals surface area contributed by atoms with Crippen LogP contribution in [0.5, 0.6) is 0 Å². The molecule has 1 aliphatic carbocycles. The number of rotatable bonds is 8. The summed E-state index contributed by atoms with van der Waals surface area (Å²) in [5.74, 6) is 0.463. The van der Waals surface area contributed by atoms with Crippen molar-refractivity contribution in [1.29, 1.82) is 0 Å². The first-order valence-corrected chi connectivity index (χ1v) is 12.4. The van der Waals surface area contributed by atoms with E-state index in [1.807, 2.05) is 12.1 Å². The molecule has 3 fully saturated rings. The molecule has 7 nitrogen and oxygen atoms in total. The van der Waals surface area contributed by atoms with Crippen molar-refractivity contribution in [3.05, 3.63) is 29.8 Å². The van der Waals surface area contributed by atoms with Gasteiger partial charge in [0.1, 0.15) is 0 Å². The van der Waals surface area contributed by atoms with Crippen molar-refractivity contribution >= 4 is 11.7 Å². The highest BCUT2D eigenvalue weighted by molar-refractivity contribution is 5.90. The number of morpholine rings is 1. The first-order chi connectivity index (χ1) is 15.7. The number of hydrogen-bond acceptors (Lipinski definition) is 5. The minimum atomic E-state index is -0.130. The highest BCUT2D eigenvalue weighted by Gasteiger charge is 2.31. The lowest BCUT2D eigenvalue weighted by molar-refractivity contribution is 0.00222. The lowest BCUT2D eigenvalue weighted by Gasteiger charge is -2.37. The third kappa shape index (κ3) is 6.44. The van der Waals surface area contributed by atoms with E-state index in [1.165, 1.54) is 37.7 Å². The van der Waals surface area contributed by atoms with Crippen molar-refractivity contribution in [3.63, 3.8) is 0 Å². The molecule has 2 atom stereocenters. The van der Waals surface area contributed by atoms with Gasteiger partial charge in [-0.05, 0) is 37.9 Å². The van der Waals surface area contributed by atoms with Crippen molar-refractivity contribution < 1.29 is 14.3 Å². The van der Waals surface area contributed by atoms with Crippen molar-refractivity contribution in [1.82, 2.24) is 15.1 Å². The summed E-state index contributed by atoms with van der Waals surface area (Å²) in [7, 11) is 2.21. The van der Waals surface area contributed by atoms with Crippen LogP contribution in [0.4, 0.5) is 10.5 Å². The molecule has 7 heteroatoms. The monoisotopic (exact) mass is 444 g/mol. The van der Waals surface area contributed by atoms with Gasteiger partial charge >= 0.3 is 6.03 Å². The second kappa shape index (κ2) is 12.0. The third-order valence-corrected chi connectivity index (χ3v) is 7.38. The number of hydrogen-bond donors (Lipinski definition) is 2. The fourth-order valence-corrected chi connectivity index (χ4v) is 5.42. The Bertz CT molecular complexity index is 713. The van der Waals surface area contributed by atoms with Crippen molar-refractivity contribution in [2.75, 3.05) is 58.4 Å². The molecule has 0 spiro atoms. The van der Waals surface area contributed by atoms with Gasteiger partial charge in [-0.3, -0.25) is 9.80 Å². The van der Waals surface area contributed by atoms with E-state index in [0.717, 1.165) is 58.2 Å². The van der Waals surface area contributed by atoms with E-state index in [4.69, 9.17) is 9.47 Å². The molecular weight excluding hydrogens is 404 g/mol. The van der Waals surface area contributed by atoms with Gasteiger partial charge in [-0.25, -0.2) is 4.79 Å². The van der Waals surface area contributed by atoms with Crippen LogP contribution in [0.3, 0.4) is 0 Å². The van der Waals surface area contributed by atoms with Crippen molar-refractivity contribution in [2.45, 2.75) is 57.2 Å². The van der Waals surface area contributed by atoms with Crippen LogP contribution in [0.15, 0.2) is 24.3 Å². The Balaban J connectivity index is 1.32. The molecule has 32 heavy (non-hydrogen) atoms. The minimum absolute atomic E-state index is 0.130. The second-order valence-electron chi connectivity index (χ2n) is 9.54. The lowest BCUT2D eigenvalue weighted by atomic mass is 9.94. The molecule has 0 bridgehead atoms. The topological polar surface area (TPSA) is 66.1 Å². The predicted molar refractivity (Wildman–Crippen MR) is 127 cm³/mol. The van der Waals surface area contributed by atoms with Gasteiger partial charge in [0.15, 0.2) is 0 Å². The zero-order chi connectivity index (χ0) is 22.2. The van der Waals surface area contributed by atoms with Crippen LogP contribution in [-0.4, -0.2) is 81.0 Å². The van der Waals surface area contributed by atoms with Gasteiger partial charge < -0.3 is 20.1 Å². The number of nitrogens with zero attached hydrogens (tertiary/aromatic N) is 2. The van der Waals surface area contributed by atoms with Gasteiger partial charge in [-0.2, -0.15) is 0 Å². The Morgan fingerprint density at radius 2 is 1.88 bits per heavy atom. The fraction of sp³-hybridized carbons (Fsp3) is 0.720. The third-order valence-electron chi connectivity index (χ3n) is 7.38. The number of urea groups is 1. The molecule has 3 aliphatic rings. The molecule has 1 aromatic carbocycles. The first-order valence-electron chi connectivity index (χ1n) is 12.4. The van der Waals surface area contributed by atoms with Gasteiger partial charge in [0.05, 0.1) is 19.8 Å². The maximum Gasteiger partial charge on any atom is 0.319 e. The minimum Gasteiger partial charge on any atom is -0.381 e. The quantitative estimate of drug-likeness (QED) is 0.644. The molecule has 0 radical (unpaired) electrons. The molecular formula is C25H40N4O3. The van der Waals surface area contributed by atoms with E-state index >= 15 is 0 Å². The zero-order valence-electron chi connectivity index (χ0n) is 19.6. The van der Waals surface area contributed by atoms with Crippen LogP contribution in [0.2, 0.25) is 0 Å². The van der Waals surface area contributed by atoms with E-state index in [0.29, 0.717) is 24.5 Å². The average Bonchev–Trinajstić information content (AvgIpc) is 3.36. The Morgan fingerprint density at radius 3 is 2.62 bits per heavy atom. The molecule has 2 saturated heterocycles. The number of amides is 2. The normalized spacial score (nSPS) is 23.9. The number of para-hydroxylation sites is 1. The molecule has 2 aliphatic heterocycles. The van der Waals surface area contributed by atoms with Gasteiger partial charge in [-0.15, -0.1) is 0 Å². The number of ether oxygens (including phenoxy) is 2. The van der Waals surface area contributed by atoms with Crippen LogP contribution in [0.1, 0.15) is 44.1 Å². The van der Waals surface area contributed by atoms with E-state index in [1.54, 1.807) is 0 Å². The maximum absolute atomic E-state index is 12.8. The molecule has 4 rings (SSSR count). The second-order valence-corrected chi connectivity index (χ2v) is 9.54. The smallest absolute Gasteiger partial charge is 0.319 e. The van der Waals surface area contributed by atoms with Crippen LogP contribution >= 0.6 is 0 Å². The number of carbonyl (C=O) groups excluding carboxylic acids is 1. The van der Waals surface area contributed by atoms with E-state index in [2.05, 4.69) is 39.6 Å². The Labute approximate surface area is 192 Å². The molecule has 2 heterocycles. The summed E-state index contributed by atoms with van der Waals surface area (Å²) >= 11 is 0. The number of carbonyl (C=O) groups is 1. The number of nitrogens with one attached hydrogen (secondary N) is 2. The standard InChI is InChI=1S/C25H40N4O3/c1-28(22-8-3-2-4-9-22)18-20-7-5-6-10-23(20)27-25(30)26-17-24(21-11-14-32-19-21)29-12-15-31-16-13-29/h5-7,10,21-22,24H,2-4,8-9,11-19H2,1H3,(H2,26,27,30)/t21-,24-/m0/s1. The Hall–Kier alpha value is -1.67. The van der Waals surface area contributed by atoms with Crippen LogP contribution in [0.25, 0.3) is 0 Å². The highest BCUT2D eigenvalue weighted by Crippen LogP contribution is 2.25. The van der Waals surface area contributed by atoms with Crippen LogP contribution in [0, 0.1) is 5.92 Å². The molecule has 1 saturated carbocycles. The number of benzene rings is 1. The summed E-state index contributed by atoms with van der Waals surface area (Å²) in [6.45, 7) is 6.44. The maximum atomic E-state index is 12.8. The number of anilines is 1. The fourth-order valence-electron chi connectivity index (χ4n) is 5.42. The van der Waals surface area contributed by atoms with Gasteiger partial charge in [-0.1, -0.05) is 37.5 Å². The summed E-state index contributed by atoms with van der Waals surface area (Å²) in [5, 5.41) is 6.26. The molecule has 0 aromatic heterocycles. The predicted octanol–water partition coefficient (Wildman–Crippen LogP) is 3.31. The van der Waals surface area contributed by atoms with E-state index in [9.17, 15) is 4.79 Å². The van der Waals surface area contributed by atoms with Gasteiger partial charge in [0.25, 0.3) is 0 Å². The molecule has 178 valence electrons. The summed E-state index contributed by atoms with van der Waals surface area (Å²) < 4.78 is 11.2. The van der Waals surface area contributed by atoms with Crippen molar-refractivity contribution in [3.8, 4) is 0 Å². The Kier molecular flexibility index (Phi) is 8.79. The highest BCUT2D eigenvalue weighted by atomic mass is 16.5. The van der Waals surface area contributed by atoms with Gasteiger partial charge in [0.2, 0.25) is 0 Å². The van der Waals surface area contributed by atoms with Gasteiger partial charge in [0, 0.05) is 56.5 Å². The molecule has 2 N–H and O–H groups in total. The lowest BCUT2D eigenvalue weighted by Crippen LogP contribution is -2.52. The summed E-state index contributed by atoms with van der Waals surface area (Å²) in [5.41, 5.74) is 2.07. The summed E-state index contributed by atoms with van der Waals surface area (Å²) in [6, 6.07) is 8.99. The SMILES string of the molecule is CN(Cc1ccccc1NC(=O)NC[C@@H]([C@H]1CCOC1)N1CCOCC1)C1CCCCC1. The molecule has 2 amide bonds. The van der Waals surface area contributed by atoms with Crippen LogP contribution in [-0.2, 0) is 16.0 Å². The largest absolute Gasteiger partial charge is 0.381 e.